The molecule has 0 aliphatic rings. The first-order chi connectivity index (χ1) is 9.93. The Bertz CT molecular complexity index is 486. The van der Waals surface area contributed by atoms with E-state index in [9.17, 15) is 9.90 Å². The predicted molar refractivity (Wildman–Crippen MR) is 83.6 cm³/mol. The van der Waals surface area contributed by atoms with Crippen molar-refractivity contribution < 1.29 is 10.2 Å². The van der Waals surface area contributed by atoms with Gasteiger partial charge in [0, 0.05) is 31.4 Å². The molecule has 0 aliphatic carbocycles. The van der Waals surface area contributed by atoms with Gasteiger partial charge < -0.3 is 19.7 Å². The van der Waals surface area contributed by atoms with Crippen LogP contribution in [0.3, 0.4) is 0 Å². The normalized spacial score (nSPS) is 11.5. The number of rotatable bonds is 9. The molecule has 0 saturated carbocycles. The van der Waals surface area contributed by atoms with Crippen molar-refractivity contribution in [2.45, 2.75) is 25.9 Å². The van der Waals surface area contributed by atoms with Crippen molar-refractivity contribution in [3.05, 3.63) is 28.2 Å². The number of hydrogen-bond donors (Lipinski definition) is 2. The molecule has 1 aromatic rings. The highest BCUT2D eigenvalue weighted by Gasteiger charge is 2.08. The summed E-state index contributed by atoms with van der Waals surface area (Å²) in [5.74, 6) is -0.212. The lowest BCUT2D eigenvalue weighted by Gasteiger charge is -2.20. The summed E-state index contributed by atoms with van der Waals surface area (Å²) < 4.78 is 1.93. The number of aliphatic hydroxyl groups excluding tert-OH is 1. The first-order valence-electron chi connectivity index (χ1n) is 7.30. The van der Waals surface area contributed by atoms with Gasteiger partial charge in [0.1, 0.15) is 0 Å². The Labute approximate surface area is 126 Å². The van der Waals surface area contributed by atoms with Crippen molar-refractivity contribution in [2.75, 3.05) is 40.8 Å². The van der Waals surface area contributed by atoms with Crippen LogP contribution in [-0.2, 0) is 13.1 Å². The standard InChI is InChI=1S/C15H27N3O3/c1-16(2)6-4-5-7-18-12-15(21)14(20)10-13(18)11-17(3)8-9-19/h10,12,19,21H,4-9,11H2,1-3H3. The Morgan fingerprint density at radius 1 is 1.19 bits per heavy atom. The third kappa shape index (κ3) is 6.29. The van der Waals surface area contributed by atoms with Gasteiger partial charge in [-0.15, -0.1) is 0 Å². The van der Waals surface area contributed by atoms with E-state index in [0.29, 0.717) is 13.1 Å². The largest absolute Gasteiger partial charge is 0.503 e. The molecule has 0 radical (unpaired) electrons. The van der Waals surface area contributed by atoms with Gasteiger partial charge in [0.25, 0.3) is 0 Å². The topological polar surface area (TPSA) is 68.9 Å². The molecule has 0 aromatic carbocycles. The van der Waals surface area contributed by atoms with E-state index in [2.05, 4.69) is 4.90 Å². The average Bonchev–Trinajstić information content (AvgIpc) is 2.40. The quantitative estimate of drug-likeness (QED) is 0.643. The molecule has 0 amide bonds. The van der Waals surface area contributed by atoms with E-state index in [-0.39, 0.29) is 17.8 Å². The molecular formula is C15H27N3O3. The second kappa shape index (κ2) is 8.81. The van der Waals surface area contributed by atoms with Crippen LogP contribution >= 0.6 is 0 Å². The van der Waals surface area contributed by atoms with Crippen LogP contribution in [0.25, 0.3) is 0 Å². The van der Waals surface area contributed by atoms with E-state index in [0.717, 1.165) is 31.6 Å². The number of aliphatic hydroxyl groups is 1. The molecule has 1 aromatic heterocycles. The molecule has 0 fully saturated rings. The van der Waals surface area contributed by atoms with E-state index in [1.165, 1.54) is 12.3 Å². The second-order valence-corrected chi connectivity index (χ2v) is 5.68. The molecule has 120 valence electrons. The fourth-order valence-electron chi connectivity index (χ4n) is 2.18. The number of hydrogen-bond acceptors (Lipinski definition) is 5. The lowest BCUT2D eigenvalue weighted by molar-refractivity contribution is 0.214. The number of aromatic nitrogens is 1. The number of unbranched alkanes of at least 4 members (excludes halogenated alkanes) is 1. The molecule has 6 nitrogen and oxygen atoms in total. The van der Waals surface area contributed by atoms with E-state index in [1.807, 2.05) is 30.6 Å². The predicted octanol–water partition coefficient (Wildman–Crippen LogP) is 0.320. The minimum atomic E-state index is -0.355. The fourth-order valence-corrected chi connectivity index (χ4v) is 2.18. The summed E-state index contributed by atoms with van der Waals surface area (Å²) in [6.45, 7) is 3.00. The van der Waals surface area contributed by atoms with Crippen molar-refractivity contribution >= 4 is 0 Å². The maximum absolute atomic E-state index is 11.6. The van der Waals surface area contributed by atoms with Crippen LogP contribution in [0.2, 0.25) is 0 Å². The van der Waals surface area contributed by atoms with Crippen molar-refractivity contribution in [3.63, 3.8) is 0 Å². The Morgan fingerprint density at radius 3 is 2.52 bits per heavy atom. The van der Waals surface area contributed by atoms with Gasteiger partial charge in [-0.25, -0.2) is 0 Å². The number of nitrogens with zero attached hydrogens (tertiary/aromatic N) is 3. The molecular weight excluding hydrogens is 270 g/mol. The van der Waals surface area contributed by atoms with Gasteiger partial charge in [0.2, 0.25) is 5.43 Å². The minimum Gasteiger partial charge on any atom is -0.503 e. The van der Waals surface area contributed by atoms with Crippen LogP contribution < -0.4 is 5.43 Å². The van der Waals surface area contributed by atoms with E-state index < -0.39 is 0 Å². The zero-order valence-corrected chi connectivity index (χ0v) is 13.2. The van der Waals surface area contributed by atoms with E-state index in [4.69, 9.17) is 5.11 Å². The van der Waals surface area contributed by atoms with Crippen LogP contribution in [0.5, 0.6) is 5.75 Å². The smallest absolute Gasteiger partial charge is 0.223 e. The van der Waals surface area contributed by atoms with Crippen molar-refractivity contribution in [2.24, 2.45) is 0 Å². The molecule has 0 atom stereocenters. The summed E-state index contributed by atoms with van der Waals surface area (Å²) in [4.78, 5) is 15.7. The second-order valence-electron chi connectivity index (χ2n) is 5.68. The highest BCUT2D eigenvalue weighted by atomic mass is 16.3. The fraction of sp³-hybridized carbons (Fsp3) is 0.667. The molecule has 21 heavy (non-hydrogen) atoms. The van der Waals surface area contributed by atoms with Crippen LogP contribution in [0.1, 0.15) is 18.5 Å². The highest BCUT2D eigenvalue weighted by molar-refractivity contribution is 5.20. The number of aromatic hydroxyl groups is 1. The lowest BCUT2D eigenvalue weighted by atomic mass is 10.2. The van der Waals surface area contributed by atoms with Crippen molar-refractivity contribution in [3.8, 4) is 5.75 Å². The Morgan fingerprint density at radius 2 is 1.90 bits per heavy atom. The van der Waals surface area contributed by atoms with Crippen LogP contribution in [0.15, 0.2) is 17.1 Å². The monoisotopic (exact) mass is 297 g/mol. The minimum absolute atomic E-state index is 0.0850. The molecule has 0 unspecified atom stereocenters. The van der Waals surface area contributed by atoms with E-state index >= 15 is 0 Å². The van der Waals surface area contributed by atoms with Crippen molar-refractivity contribution in [1.29, 1.82) is 0 Å². The number of likely N-dealkylation sites (N-methyl/N-ethyl adjacent to an activating group) is 1. The SMILES string of the molecule is CN(C)CCCCn1cc(O)c(=O)cc1CN(C)CCO. The molecule has 0 spiro atoms. The van der Waals surface area contributed by atoms with Crippen LogP contribution in [0, 0.1) is 0 Å². The van der Waals surface area contributed by atoms with Crippen molar-refractivity contribution in [1.82, 2.24) is 14.4 Å². The number of pyridine rings is 1. The van der Waals surface area contributed by atoms with Gasteiger partial charge in [0.15, 0.2) is 5.75 Å². The zero-order valence-electron chi connectivity index (χ0n) is 13.2. The average molecular weight is 297 g/mol. The first kappa shape index (κ1) is 17.7. The van der Waals surface area contributed by atoms with Gasteiger partial charge in [0.05, 0.1) is 12.8 Å². The van der Waals surface area contributed by atoms with Gasteiger partial charge in [-0.05, 0) is 40.5 Å². The third-order valence-corrected chi connectivity index (χ3v) is 3.37. The number of aryl methyl sites for hydroxylation is 1. The molecule has 2 N–H and O–H groups in total. The zero-order chi connectivity index (χ0) is 15.8. The Balaban J connectivity index is 2.75. The summed E-state index contributed by atoms with van der Waals surface area (Å²) >= 11 is 0. The molecule has 6 heteroatoms. The highest BCUT2D eigenvalue weighted by Crippen LogP contribution is 2.09. The van der Waals surface area contributed by atoms with Gasteiger partial charge in [-0.2, -0.15) is 0 Å². The molecule has 0 saturated heterocycles. The maximum atomic E-state index is 11.6. The van der Waals surface area contributed by atoms with Crippen LogP contribution in [-0.4, -0.2) is 65.4 Å². The maximum Gasteiger partial charge on any atom is 0.223 e. The summed E-state index contributed by atoms with van der Waals surface area (Å²) in [6, 6.07) is 1.48. The van der Waals surface area contributed by atoms with Crippen LogP contribution in [0.4, 0.5) is 0 Å². The summed E-state index contributed by atoms with van der Waals surface area (Å²) in [5, 5.41) is 18.6. The summed E-state index contributed by atoms with van der Waals surface area (Å²) in [6.07, 6.45) is 3.56. The third-order valence-electron chi connectivity index (χ3n) is 3.37. The molecule has 0 bridgehead atoms. The molecule has 1 rings (SSSR count). The summed E-state index contributed by atoms with van der Waals surface area (Å²) in [7, 11) is 5.98. The Kier molecular flexibility index (Phi) is 7.42. The molecule has 0 aliphatic heterocycles. The molecule has 1 heterocycles. The van der Waals surface area contributed by atoms with Gasteiger partial charge in [-0.1, -0.05) is 0 Å². The first-order valence-corrected chi connectivity index (χ1v) is 7.30. The Hall–Kier alpha value is -1.37. The van der Waals surface area contributed by atoms with E-state index in [1.54, 1.807) is 0 Å². The summed E-state index contributed by atoms with van der Waals surface area (Å²) in [5.41, 5.74) is 0.505. The van der Waals surface area contributed by atoms with Gasteiger partial charge in [-0.3, -0.25) is 9.69 Å². The van der Waals surface area contributed by atoms with Gasteiger partial charge >= 0.3 is 0 Å². The lowest BCUT2D eigenvalue weighted by Crippen LogP contribution is -2.25.